The molecule has 7 nitrogen and oxygen atoms in total. The topological polar surface area (TPSA) is 88.3 Å². The molecule has 28 heavy (non-hydrogen) atoms. The molecule has 1 unspecified atom stereocenters. The molecule has 8 heteroatoms. The third kappa shape index (κ3) is 4.22. The normalized spacial score (nSPS) is 11.7. The van der Waals surface area contributed by atoms with E-state index in [1.54, 1.807) is 25.4 Å². The first-order valence-corrected chi connectivity index (χ1v) is 8.63. The molecule has 1 aromatic carbocycles. The average Bonchev–Trinajstić information content (AvgIpc) is 3.20. The summed E-state index contributed by atoms with van der Waals surface area (Å²) in [6.45, 7) is 1.84. The number of carbonyl (C=O) groups excluding carboxylic acids is 2. The van der Waals surface area contributed by atoms with Gasteiger partial charge in [-0.1, -0.05) is 23.4 Å². The summed E-state index contributed by atoms with van der Waals surface area (Å²) >= 11 is 0. The van der Waals surface area contributed by atoms with E-state index in [0.717, 1.165) is 5.69 Å². The fourth-order valence-electron chi connectivity index (χ4n) is 2.58. The van der Waals surface area contributed by atoms with Crippen LogP contribution in [0.1, 0.15) is 45.3 Å². The lowest BCUT2D eigenvalue weighted by atomic mass is 10.2. The summed E-state index contributed by atoms with van der Waals surface area (Å²) in [6, 6.07) is 12.3. The molecule has 2 amide bonds. The van der Waals surface area contributed by atoms with Crippen LogP contribution in [0.15, 0.2) is 59.3 Å². The van der Waals surface area contributed by atoms with Gasteiger partial charge in [-0.25, -0.2) is 4.39 Å². The summed E-state index contributed by atoms with van der Waals surface area (Å²) < 4.78 is 18.7. The zero-order valence-electron chi connectivity index (χ0n) is 15.4. The van der Waals surface area contributed by atoms with Gasteiger partial charge < -0.3 is 14.7 Å². The second-order valence-corrected chi connectivity index (χ2v) is 6.19. The van der Waals surface area contributed by atoms with Crippen LogP contribution in [-0.4, -0.2) is 33.9 Å². The number of rotatable bonds is 6. The highest BCUT2D eigenvalue weighted by molar-refractivity contribution is 5.94. The van der Waals surface area contributed by atoms with Crippen molar-refractivity contribution in [2.24, 2.45) is 0 Å². The number of hydrogen-bond acceptors (Lipinski definition) is 5. The summed E-state index contributed by atoms with van der Waals surface area (Å²) in [7, 11) is 1.65. The van der Waals surface area contributed by atoms with E-state index in [9.17, 15) is 14.0 Å². The molecule has 0 spiro atoms. The second-order valence-electron chi connectivity index (χ2n) is 6.19. The lowest BCUT2D eigenvalue weighted by Gasteiger charge is -2.23. The molecule has 0 fully saturated rings. The van der Waals surface area contributed by atoms with Crippen molar-refractivity contribution >= 4 is 11.8 Å². The molecule has 3 aromatic rings. The minimum atomic E-state index is -0.612. The Morgan fingerprint density at radius 1 is 1.21 bits per heavy atom. The van der Waals surface area contributed by atoms with Gasteiger partial charge >= 0.3 is 0 Å². The van der Waals surface area contributed by atoms with Crippen molar-refractivity contribution in [2.45, 2.75) is 19.5 Å². The first-order chi connectivity index (χ1) is 13.5. The Balaban J connectivity index is 1.62. The smallest absolute Gasteiger partial charge is 0.276 e. The summed E-state index contributed by atoms with van der Waals surface area (Å²) in [4.78, 5) is 30.4. The Morgan fingerprint density at radius 3 is 2.68 bits per heavy atom. The zero-order valence-corrected chi connectivity index (χ0v) is 15.4. The molecule has 2 heterocycles. The van der Waals surface area contributed by atoms with Gasteiger partial charge in [0.2, 0.25) is 0 Å². The Morgan fingerprint density at radius 2 is 1.96 bits per heavy atom. The van der Waals surface area contributed by atoms with Crippen molar-refractivity contribution in [3.8, 4) is 0 Å². The van der Waals surface area contributed by atoms with E-state index in [-0.39, 0.29) is 35.5 Å². The van der Waals surface area contributed by atoms with Crippen LogP contribution in [0, 0.1) is 5.82 Å². The van der Waals surface area contributed by atoms with E-state index in [1.165, 1.54) is 29.2 Å². The van der Waals surface area contributed by atoms with Crippen molar-refractivity contribution in [1.82, 2.24) is 20.4 Å². The fourth-order valence-corrected chi connectivity index (χ4v) is 2.58. The van der Waals surface area contributed by atoms with Crippen LogP contribution in [0.5, 0.6) is 0 Å². The molecule has 0 radical (unpaired) electrons. The molecule has 0 saturated heterocycles. The number of benzene rings is 1. The third-order valence-corrected chi connectivity index (χ3v) is 4.34. The van der Waals surface area contributed by atoms with Crippen LogP contribution in [0.4, 0.5) is 4.39 Å². The van der Waals surface area contributed by atoms with Gasteiger partial charge in [-0.15, -0.1) is 0 Å². The minimum Gasteiger partial charge on any atom is -0.359 e. The molecule has 1 atom stereocenters. The maximum absolute atomic E-state index is 13.6. The molecule has 0 aliphatic rings. The average molecular weight is 382 g/mol. The molecule has 2 aromatic heterocycles. The van der Waals surface area contributed by atoms with E-state index < -0.39 is 11.7 Å². The Kier molecular flexibility index (Phi) is 5.78. The van der Waals surface area contributed by atoms with Crippen LogP contribution >= 0.6 is 0 Å². The maximum atomic E-state index is 13.6. The maximum Gasteiger partial charge on any atom is 0.276 e. The van der Waals surface area contributed by atoms with E-state index in [4.69, 9.17) is 4.52 Å². The predicted octanol–water partition coefficient (Wildman–Crippen LogP) is 2.97. The Labute approximate surface area is 161 Å². The van der Waals surface area contributed by atoms with E-state index >= 15 is 0 Å². The molecular formula is C20H19FN4O3. The van der Waals surface area contributed by atoms with Crippen LogP contribution < -0.4 is 5.32 Å². The van der Waals surface area contributed by atoms with Crippen LogP contribution in [0.2, 0.25) is 0 Å². The quantitative estimate of drug-likeness (QED) is 0.708. The largest absolute Gasteiger partial charge is 0.359 e. The Bertz CT molecular complexity index is 974. The van der Waals surface area contributed by atoms with E-state index in [2.05, 4.69) is 15.5 Å². The molecule has 1 N–H and O–H groups in total. The van der Waals surface area contributed by atoms with Gasteiger partial charge in [0.25, 0.3) is 11.8 Å². The van der Waals surface area contributed by atoms with E-state index in [0.29, 0.717) is 0 Å². The number of halogens is 1. The minimum absolute atomic E-state index is 0.0209. The molecule has 144 valence electrons. The lowest BCUT2D eigenvalue weighted by Crippen LogP contribution is -2.30. The predicted molar refractivity (Wildman–Crippen MR) is 98.8 cm³/mol. The zero-order chi connectivity index (χ0) is 20.1. The van der Waals surface area contributed by atoms with Crippen molar-refractivity contribution in [1.29, 1.82) is 0 Å². The SMILES string of the molecule is CC(c1ccccn1)N(C)C(=O)c1cc(CNC(=O)c2ccccc2F)on1. The van der Waals surface area contributed by atoms with Crippen LogP contribution in [0.3, 0.4) is 0 Å². The van der Waals surface area contributed by atoms with Gasteiger partial charge in [0.05, 0.1) is 23.8 Å². The highest BCUT2D eigenvalue weighted by atomic mass is 19.1. The number of amides is 2. The number of nitrogens with zero attached hydrogens (tertiary/aromatic N) is 3. The van der Waals surface area contributed by atoms with Crippen LogP contribution in [0.25, 0.3) is 0 Å². The molecule has 0 saturated carbocycles. The van der Waals surface area contributed by atoms with E-state index in [1.807, 2.05) is 19.1 Å². The van der Waals surface area contributed by atoms with Crippen molar-refractivity contribution in [2.75, 3.05) is 7.05 Å². The monoisotopic (exact) mass is 382 g/mol. The third-order valence-electron chi connectivity index (χ3n) is 4.34. The molecule has 3 rings (SSSR count). The fraction of sp³-hybridized carbons (Fsp3) is 0.200. The molecule has 0 aliphatic heterocycles. The first kappa shape index (κ1) is 19.2. The highest BCUT2D eigenvalue weighted by Crippen LogP contribution is 2.18. The van der Waals surface area contributed by atoms with Crippen LogP contribution in [-0.2, 0) is 6.54 Å². The number of carbonyl (C=O) groups is 2. The first-order valence-electron chi connectivity index (χ1n) is 8.63. The van der Waals surface area contributed by atoms with Gasteiger partial charge in [-0.05, 0) is 31.2 Å². The van der Waals surface area contributed by atoms with Gasteiger partial charge in [-0.2, -0.15) is 0 Å². The van der Waals surface area contributed by atoms with Crippen molar-refractivity contribution in [3.05, 3.63) is 83.3 Å². The Hall–Kier alpha value is -3.55. The van der Waals surface area contributed by atoms with Gasteiger partial charge in [0.15, 0.2) is 11.5 Å². The summed E-state index contributed by atoms with van der Waals surface area (Å²) in [6.07, 6.45) is 1.66. The second kappa shape index (κ2) is 8.43. The van der Waals surface area contributed by atoms with Gasteiger partial charge in [0, 0.05) is 19.3 Å². The van der Waals surface area contributed by atoms with Crippen molar-refractivity contribution in [3.63, 3.8) is 0 Å². The number of aromatic nitrogens is 2. The number of pyridine rings is 1. The van der Waals surface area contributed by atoms with Gasteiger partial charge in [-0.3, -0.25) is 14.6 Å². The lowest BCUT2D eigenvalue weighted by molar-refractivity contribution is 0.0728. The molecule has 0 aliphatic carbocycles. The highest BCUT2D eigenvalue weighted by Gasteiger charge is 2.23. The van der Waals surface area contributed by atoms with Gasteiger partial charge in [0.1, 0.15) is 5.82 Å². The van der Waals surface area contributed by atoms with Crippen molar-refractivity contribution < 1.29 is 18.5 Å². The standard InChI is InChI=1S/C20H19FN4O3/c1-13(17-9-5-6-10-22-17)25(2)20(27)18-11-14(28-24-18)12-23-19(26)15-7-3-4-8-16(15)21/h3-11,13H,12H2,1-2H3,(H,23,26). The number of nitrogens with one attached hydrogen (secondary N) is 1. The molecule has 0 bridgehead atoms. The summed E-state index contributed by atoms with van der Waals surface area (Å²) in [5, 5.41) is 6.31. The number of hydrogen-bond donors (Lipinski definition) is 1. The summed E-state index contributed by atoms with van der Waals surface area (Å²) in [5.41, 5.74) is 0.793. The summed E-state index contributed by atoms with van der Waals surface area (Å²) in [5.74, 6) is -1.25. The molecular weight excluding hydrogens is 363 g/mol.